The van der Waals surface area contributed by atoms with E-state index < -0.39 is 17.9 Å². The molecule has 0 unspecified atom stereocenters. The molecule has 0 aliphatic carbocycles. The summed E-state index contributed by atoms with van der Waals surface area (Å²) < 4.78 is 6.58. The molecular formula is C10H16N3O4+. The van der Waals surface area contributed by atoms with E-state index in [9.17, 15) is 14.4 Å². The number of amidine groups is 1. The number of amides is 3. The third-order valence-electron chi connectivity index (χ3n) is 2.18. The molecule has 0 N–H and O–H groups in total. The molecule has 1 saturated heterocycles. The van der Waals surface area contributed by atoms with Crippen LogP contribution in [0.5, 0.6) is 0 Å². The second-order valence-electron chi connectivity index (χ2n) is 4.06. The van der Waals surface area contributed by atoms with E-state index in [0.717, 1.165) is 0 Å². The van der Waals surface area contributed by atoms with Crippen LogP contribution in [-0.4, -0.2) is 66.5 Å². The van der Waals surface area contributed by atoms with Gasteiger partial charge in [-0.3, -0.25) is 9.59 Å². The van der Waals surface area contributed by atoms with Crippen LogP contribution >= 0.6 is 0 Å². The Kier molecular flexibility index (Phi) is 3.82. The van der Waals surface area contributed by atoms with Crippen molar-refractivity contribution in [2.24, 2.45) is 0 Å². The van der Waals surface area contributed by atoms with Gasteiger partial charge < -0.3 is 4.74 Å². The van der Waals surface area contributed by atoms with Crippen LogP contribution in [0.15, 0.2) is 0 Å². The Morgan fingerprint density at radius 1 is 1.24 bits per heavy atom. The monoisotopic (exact) mass is 242 g/mol. The molecule has 0 aromatic heterocycles. The zero-order valence-electron chi connectivity index (χ0n) is 10.4. The smallest absolute Gasteiger partial charge is 0.340 e. The molecule has 0 saturated carbocycles. The molecule has 0 radical (unpaired) electrons. The molecule has 1 aliphatic rings. The molecule has 1 heterocycles. The first kappa shape index (κ1) is 13.1. The van der Waals surface area contributed by atoms with E-state index in [1.165, 1.54) is 0 Å². The third-order valence-corrected chi connectivity index (χ3v) is 2.18. The molecule has 0 spiro atoms. The largest absolute Gasteiger partial charge is 0.454 e. The number of carbonyl (C=O) groups is 3. The average Bonchev–Trinajstić information content (AvgIpc) is 2.53. The number of rotatable bonds is 0. The predicted molar refractivity (Wildman–Crippen MR) is 58.4 cm³/mol. The summed E-state index contributed by atoms with van der Waals surface area (Å²) >= 11 is 0. The van der Waals surface area contributed by atoms with Crippen molar-refractivity contribution in [1.29, 1.82) is 0 Å². The van der Waals surface area contributed by atoms with Gasteiger partial charge in [-0.15, -0.1) is 0 Å². The first-order chi connectivity index (χ1) is 7.84. The van der Waals surface area contributed by atoms with Crippen molar-refractivity contribution in [3.63, 3.8) is 0 Å². The van der Waals surface area contributed by atoms with Crippen LogP contribution in [0.25, 0.3) is 0 Å². The van der Waals surface area contributed by atoms with E-state index in [4.69, 9.17) is 4.74 Å². The lowest BCUT2D eigenvalue weighted by atomic mass is 10.4. The van der Waals surface area contributed by atoms with E-state index in [1.807, 2.05) is 0 Å². The Bertz CT molecular complexity index is 380. The van der Waals surface area contributed by atoms with Gasteiger partial charge in [-0.05, 0) is 0 Å². The maximum absolute atomic E-state index is 11.7. The number of imide groups is 3. The van der Waals surface area contributed by atoms with Crippen LogP contribution < -0.4 is 0 Å². The quantitative estimate of drug-likeness (QED) is 0.247. The molecule has 0 aromatic rings. The van der Waals surface area contributed by atoms with Gasteiger partial charge in [0.25, 0.3) is 0 Å². The molecule has 7 nitrogen and oxygen atoms in total. The lowest BCUT2D eigenvalue weighted by Crippen LogP contribution is -2.42. The van der Waals surface area contributed by atoms with Crippen LogP contribution in [0.3, 0.4) is 0 Å². The van der Waals surface area contributed by atoms with Crippen molar-refractivity contribution >= 4 is 23.9 Å². The topological polar surface area (TPSA) is 69.9 Å². The number of hydrogen-bond acceptors (Lipinski definition) is 4. The summed E-state index contributed by atoms with van der Waals surface area (Å²) in [5.41, 5.74) is 0. The molecule has 94 valence electrons. The first-order valence-corrected chi connectivity index (χ1v) is 5.13. The standard InChI is InChI=1S/C10H16N3O4/c1-11(2)9(12(3)4)17-10(16)13-7(14)5-6-8(13)15/h5-6H2,1-4H3/q+1. The fraction of sp³-hybridized carbons (Fsp3) is 0.600. The van der Waals surface area contributed by atoms with Gasteiger partial charge in [0, 0.05) is 12.8 Å². The van der Waals surface area contributed by atoms with Gasteiger partial charge in [-0.1, -0.05) is 0 Å². The normalized spacial score (nSPS) is 14.9. The van der Waals surface area contributed by atoms with E-state index in [1.54, 1.807) is 37.7 Å². The minimum atomic E-state index is -0.949. The van der Waals surface area contributed by atoms with E-state index in [2.05, 4.69) is 0 Å². The molecule has 1 rings (SSSR count). The van der Waals surface area contributed by atoms with Crippen molar-refractivity contribution in [1.82, 2.24) is 9.80 Å². The highest BCUT2D eigenvalue weighted by Crippen LogP contribution is 2.13. The van der Waals surface area contributed by atoms with Gasteiger partial charge in [0.05, 0.1) is 28.2 Å². The molecule has 1 fully saturated rings. The minimum Gasteiger partial charge on any atom is -0.340 e. The number of ether oxygens (including phenoxy) is 1. The maximum Gasteiger partial charge on any atom is 0.454 e. The Morgan fingerprint density at radius 2 is 1.71 bits per heavy atom. The highest BCUT2D eigenvalue weighted by molar-refractivity contribution is 6.14. The Balaban J connectivity index is 2.82. The van der Waals surface area contributed by atoms with Crippen molar-refractivity contribution in [2.45, 2.75) is 12.8 Å². The van der Waals surface area contributed by atoms with Crippen LogP contribution in [-0.2, 0) is 14.3 Å². The van der Waals surface area contributed by atoms with Crippen molar-refractivity contribution in [3.05, 3.63) is 0 Å². The maximum atomic E-state index is 11.7. The van der Waals surface area contributed by atoms with Crippen molar-refractivity contribution < 1.29 is 23.7 Å². The molecular weight excluding hydrogens is 226 g/mol. The Morgan fingerprint density at radius 3 is 2.06 bits per heavy atom. The second-order valence-corrected chi connectivity index (χ2v) is 4.06. The van der Waals surface area contributed by atoms with Gasteiger partial charge in [-0.25, -0.2) is 14.3 Å². The summed E-state index contributed by atoms with van der Waals surface area (Å²) in [5, 5.41) is 0. The summed E-state index contributed by atoms with van der Waals surface area (Å²) in [6, 6.07) is 0.252. The SMILES string of the molecule is CN(C)C(OC(=O)N1C(=O)CCC1=O)=[N+](C)C. The van der Waals surface area contributed by atoms with Crippen molar-refractivity contribution in [3.8, 4) is 0 Å². The average molecular weight is 242 g/mol. The van der Waals surface area contributed by atoms with Gasteiger partial charge >= 0.3 is 12.1 Å². The van der Waals surface area contributed by atoms with Crippen molar-refractivity contribution in [2.75, 3.05) is 28.2 Å². The van der Waals surface area contributed by atoms with Gasteiger partial charge in [-0.2, -0.15) is 4.90 Å². The lowest BCUT2D eigenvalue weighted by Gasteiger charge is -2.14. The molecule has 0 aromatic carbocycles. The minimum absolute atomic E-state index is 0.0627. The van der Waals surface area contributed by atoms with Gasteiger partial charge in [0.15, 0.2) is 0 Å². The highest BCUT2D eigenvalue weighted by Gasteiger charge is 2.37. The van der Waals surface area contributed by atoms with E-state index in [-0.39, 0.29) is 18.9 Å². The predicted octanol–water partition coefficient (Wildman–Crippen LogP) is -0.538. The summed E-state index contributed by atoms with van der Waals surface area (Å²) in [5.74, 6) is -1.03. The fourth-order valence-corrected chi connectivity index (χ4v) is 1.49. The van der Waals surface area contributed by atoms with Gasteiger partial charge in [0.2, 0.25) is 11.8 Å². The van der Waals surface area contributed by atoms with Crippen LogP contribution in [0.2, 0.25) is 0 Å². The zero-order valence-corrected chi connectivity index (χ0v) is 10.4. The Labute approximate surface area is 99.2 Å². The van der Waals surface area contributed by atoms with E-state index >= 15 is 0 Å². The molecule has 0 atom stereocenters. The van der Waals surface area contributed by atoms with Crippen LogP contribution in [0.4, 0.5) is 4.79 Å². The summed E-state index contributed by atoms with van der Waals surface area (Å²) in [7, 11) is 6.76. The lowest BCUT2D eigenvalue weighted by molar-refractivity contribution is -0.478. The van der Waals surface area contributed by atoms with Gasteiger partial charge in [0.1, 0.15) is 0 Å². The first-order valence-electron chi connectivity index (χ1n) is 5.13. The van der Waals surface area contributed by atoms with Crippen LogP contribution in [0.1, 0.15) is 12.8 Å². The molecule has 17 heavy (non-hydrogen) atoms. The summed E-state index contributed by atoms with van der Waals surface area (Å²) in [4.78, 5) is 36.4. The van der Waals surface area contributed by atoms with E-state index in [0.29, 0.717) is 4.90 Å². The second kappa shape index (κ2) is 4.94. The molecule has 1 aliphatic heterocycles. The highest BCUT2D eigenvalue weighted by atomic mass is 16.6. The number of hydrogen-bond donors (Lipinski definition) is 0. The fourth-order valence-electron chi connectivity index (χ4n) is 1.49. The molecule has 0 bridgehead atoms. The number of carbonyl (C=O) groups excluding carboxylic acids is 3. The third kappa shape index (κ3) is 2.80. The van der Waals surface area contributed by atoms with Crippen LogP contribution in [0, 0.1) is 0 Å². The zero-order chi connectivity index (χ0) is 13.2. The summed E-state index contributed by atoms with van der Waals surface area (Å²) in [6.07, 6.45) is -0.824. The summed E-state index contributed by atoms with van der Waals surface area (Å²) in [6.45, 7) is 0. The Hall–Kier alpha value is -1.92. The number of nitrogens with zero attached hydrogens (tertiary/aromatic N) is 3. The molecule has 3 amide bonds. The number of likely N-dealkylation sites (tertiary alicyclic amines) is 1. The molecule has 7 heteroatoms.